The molecule has 0 amide bonds. The van der Waals surface area contributed by atoms with Crippen LogP contribution in [0.1, 0.15) is 38.3 Å². The number of phenols is 1. The number of aromatic carboxylic acids is 1. The largest absolute Gasteiger partial charge is 0.507 e. The van der Waals surface area contributed by atoms with Crippen LogP contribution >= 0.6 is 34.8 Å². The maximum Gasteiger partial charge on any atom is 0.336 e. The van der Waals surface area contributed by atoms with Crippen molar-refractivity contribution in [2.24, 2.45) is 0 Å². The van der Waals surface area contributed by atoms with Crippen molar-refractivity contribution in [1.29, 1.82) is 0 Å². The molecule has 154 valence electrons. The molecule has 0 fully saturated rings. The Balaban J connectivity index is 2.65. The maximum atomic E-state index is 13.0. The molecule has 0 saturated carbocycles. The molecule has 2 rings (SSSR count). The summed E-state index contributed by atoms with van der Waals surface area (Å²) in [6.07, 6.45) is -0.142. The van der Waals surface area contributed by atoms with E-state index < -0.39 is 29.0 Å². The lowest BCUT2D eigenvalue weighted by Gasteiger charge is -2.16. The summed E-state index contributed by atoms with van der Waals surface area (Å²) in [5.74, 6) is -3.21. The van der Waals surface area contributed by atoms with Gasteiger partial charge in [0.25, 0.3) is 0 Å². The van der Waals surface area contributed by atoms with Crippen LogP contribution in [0.2, 0.25) is 15.1 Å². The summed E-state index contributed by atoms with van der Waals surface area (Å²) in [5, 5.41) is 20.0. The number of ketones is 1. The van der Waals surface area contributed by atoms with E-state index in [4.69, 9.17) is 39.5 Å². The van der Waals surface area contributed by atoms with E-state index in [1.807, 2.05) is 0 Å². The average Bonchev–Trinajstić information content (AvgIpc) is 2.68. The molecule has 29 heavy (non-hydrogen) atoms. The van der Waals surface area contributed by atoms with Crippen LogP contribution in [0.5, 0.6) is 11.5 Å². The number of halogens is 3. The maximum absolute atomic E-state index is 13.0. The van der Waals surface area contributed by atoms with Gasteiger partial charge in [-0.15, -0.1) is 0 Å². The molecule has 0 heterocycles. The molecule has 0 spiro atoms. The first kappa shape index (κ1) is 22.8. The lowest BCUT2D eigenvalue weighted by Crippen LogP contribution is -2.12. The van der Waals surface area contributed by atoms with Gasteiger partial charge in [-0.25, -0.2) is 4.79 Å². The predicted octanol–water partition coefficient (Wildman–Crippen LogP) is 4.40. The number of carbonyl (C=O) groups is 3. The first-order valence-corrected chi connectivity index (χ1v) is 9.17. The van der Waals surface area contributed by atoms with Gasteiger partial charge in [-0.3, -0.25) is 9.59 Å². The van der Waals surface area contributed by atoms with Crippen LogP contribution in [0.15, 0.2) is 18.2 Å². The van der Waals surface area contributed by atoms with E-state index in [-0.39, 0.29) is 50.3 Å². The number of hydrogen-bond donors (Lipinski definition) is 2. The van der Waals surface area contributed by atoms with E-state index in [1.165, 1.54) is 14.2 Å². The van der Waals surface area contributed by atoms with Crippen LogP contribution in [0, 0.1) is 0 Å². The third kappa shape index (κ3) is 4.75. The molecular formula is C19H15Cl3O7. The topological polar surface area (TPSA) is 110 Å². The Labute approximate surface area is 180 Å². The van der Waals surface area contributed by atoms with Crippen molar-refractivity contribution in [3.05, 3.63) is 55.5 Å². The number of carbonyl (C=O) groups excluding carboxylic acids is 2. The second-order valence-electron chi connectivity index (χ2n) is 5.79. The lowest BCUT2D eigenvalue weighted by atomic mass is 9.94. The Morgan fingerprint density at radius 3 is 2.00 bits per heavy atom. The highest BCUT2D eigenvalue weighted by Gasteiger charge is 2.26. The van der Waals surface area contributed by atoms with Gasteiger partial charge in [0.1, 0.15) is 11.5 Å². The second kappa shape index (κ2) is 9.35. The van der Waals surface area contributed by atoms with Crippen LogP contribution in [-0.2, 0) is 16.0 Å². The van der Waals surface area contributed by atoms with Crippen molar-refractivity contribution >= 4 is 52.5 Å². The van der Waals surface area contributed by atoms with Crippen LogP contribution in [0.4, 0.5) is 0 Å². The van der Waals surface area contributed by atoms with E-state index in [9.17, 15) is 24.6 Å². The third-order valence-electron chi connectivity index (χ3n) is 4.09. The normalized spacial score (nSPS) is 10.5. The number of ether oxygens (including phenoxy) is 2. The smallest absolute Gasteiger partial charge is 0.336 e. The number of esters is 1. The molecule has 0 aliphatic rings. The Kier molecular flexibility index (Phi) is 7.35. The highest BCUT2D eigenvalue weighted by molar-refractivity contribution is 6.42. The quantitative estimate of drug-likeness (QED) is 0.464. The molecule has 7 nitrogen and oxygen atoms in total. The molecule has 0 aliphatic heterocycles. The molecule has 10 heteroatoms. The summed E-state index contributed by atoms with van der Waals surface area (Å²) in [7, 11) is 2.52. The standard InChI is InChI=1S/C19H15Cl3O7/c1-28-15(23)4-3-8-16(24)11(7-14(22)18(8)29-2)17(25)9-5-12(20)13(21)6-10(9)19(26)27/h5-7,24H,3-4H2,1-2H3,(H,26,27). The zero-order chi connectivity index (χ0) is 21.9. The predicted molar refractivity (Wildman–Crippen MR) is 107 cm³/mol. The summed E-state index contributed by atoms with van der Waals surface area (Å²) in [6.45, 7) is 0. The molecule has 0 radical (unpaired) electrons. The van der Waals surface area contributed by atoms with Gasteiger partial charge in [-0.05, 0) is 24.6 Å². The van der Waals surface area contributed by atoms with E-state index in [2.05, 4.69) is 4.74 Å². The molecule has 0 aliphatic carbocycles. The third-order valence-corrected chi connectivity index (χ3v) is 5.10. The lowest BCUT2D eigenvalue weighted by molar-refractivity contribution is -0.140. The number of benzene rings is 2. The van der Waals surface area contributed by atoms with E-state index in [1.54, 1.807) is 0 Å². The van der Waals surface area contributed by atoms with Crippen LogP contribution in [-0.4, -0.2) is 42.2 Å². The summed E-state index contributed by atoms with van der Waals surface area (Å²) >= 11 is 18.0. The van der Waals surface area contributed by atoms with E-state index >= 15 is 0 Å². The minimum Gasteiger partial charge on any atom is -0.507 e. The molecule has 0 atom stereocenters. The Morgan fingerprint density at radius 1 is 0.931 bits per heavy atom. The number of carboxylic acids is 1. The van der Waals surface area contributed by atoms with Gasteiger partial charge in [0, 0.05) is 17.5 Å². The van der Waals surface area contributed by atoms with Crippen LogP contribution in [0.25, 0.3) is 0 Å². The van der Waals surface area contributed by atoms with Gasteiger partial charge in [0.05, 0.1) is 40.4 Å². The molecule has 0 saturated heterocycles. The first-order chi connectivity index (χ1) is 13.6. The Hall–Kier alpha value is -2.48. The van der Waals surface area contributed by atoms with Crippen molar-refractivity contribution in [3.8, 4) is 11.5 Å². The number of rotatable bonds is 7. The van der Waals surface area contributed by atoms with Gasteiger partial charge >= 0.3 is 11.9 Å². The van der Waals surface area contributed by atoms with Crippen LogP contribution in [0.3, 0.4) is 0 Å². The zero-order valence-electron chi connectivity index (χ0n) is 15.2. The van der Waals surface area contributed by atoms with Crippen molar-refractivity contribution in [3.63, 3.8) is 0 Å². The molecule has 0 aromatic heterocycles. The Morgan fingerprint density at radius 2 is 1.48 bits per heavy atom. The number of aromatic hydroxyl groups is 1. The summed E-state index contributed by atoms with van der Waals surface area (Å²) < 4.78 is 9.75. The van der Waals surface area contributed by atoms with Crippen LogP contribution < -0.4 is 4.74 Å². The first-order valence-electron chi connectivity index (χ1n) is 8.04. The molecule has 2 N–H and O–H groups in total. The van der Waals surface area contributed by atoms with Gasteiger partial charge in [0.2, 0.25) is 0 Å². The van der Waals surface area contributed by atoms with Gasteiger partial charge in [-0.2, -0.15) is 0 Å². The number of carboxylic acid groups (broad SMARTS) is 1. The second-order valence-corrected chi connectivity index (χ2v) is 7.01. The Bertz CT molecular complexity index is 1000. The SMILES string of the molecule is COC(=O)CCc1c(O)c(C(=O)c2cc(Cl)c(Cl)cc2C(=O)O)cc(Cl)c1OC. The van der Waals surface area contributed by atoms with Gasteiger partial charge in [-0.1, -0.05) is 34.8 Å². The summed E-state index contributed by atoms with van der Waals surface area (Å²) in [4.78, 5) is 36.0. The molecule has 2 aromatic rings. The van der Waals surface area contributed by atoms with Crippen molar-refractivity contribution in [1.82, 2.24) is 0 Å². The minimum absolute atomic E-state index is 0.00884. The molecular weight excluding hydrogens is 447 g/mol. The molecule has 0 unspecified atom stereocenters. The summed E-state index contributed by atoms with van der Waals surface area (Å²) in [5.41, 5.74) is -0.864. The highest BCUT2D eigenvalue weighted by atomic mass is 35.5. The minimum atomic E-state index is -1.41. The molecule has 2 aromatic carbocycles. The fourth-order valence-corrected chi connectivity index (χ4v) is 3.31. The fourth-order valence-electron chi connectivity index (χ4n) is 2.69. The van der Waals surface area contributed by atoms with Crippen molar-refractivity contribution in [2.75, 3.05) is 14.2 Å². The number of hydrogen-bond acceptors (Lipinski definition) is 6. The molecule has 0 bridgehead atoms. The number of methoxy groups -OCH3 is 2. The monoisotopic (exact) mass is 460 g/mol. The van der Waals surface area contributed by atoms with E-state index in [0.29, 0.717) is 0 Å². The van der Waals surface area contributed by atoms with Gasteiger partial charge in [0.15, 0.2) is 5.78 Å². The summed E-state index contributed by atoms with van der Waals surface area (Å²) in [6, 6.07) is 3.29. The number of phenolic OH excluding ortho intramolecular Hbond substituents is 1. The van der Waals surface area contributed by atoms with E-state index in [0.717, 1.165) is 18.2 Å². The van der Waals surface area contributed by atoms with Crippen molar-refractivity contribution < 1.29 is 34.1 Å². The highest BCUT2D eigenvalue weighted by Crippen LogP contribution is 2.40. The average molecular weight is 462 g/mol. The zero-order valence-corrected chi connectivity index (χ0v) is 17.5. The van der Waals surface area contributed by atoms with Crippen molar-refractivity contribution in [2.45, 2.75) is 12.8 Å². The van der Waals surface area contributed by atoms with Gasteiger partial charge < -0.3 is 19.7 Å². The fraction of sp³-hybridized carbons (Fsp3) is 0.211.